The number of nitrogens with one attached hydrogen (secondary N) is 2. The molecule has 0 saturated carbocycles. The lowest BCUT2D eigenvalue weighted by molar-refractivity contribution is -0.113. The standard InChI is InChI=1S/C22H19N7O4S2/c1-12-13(2)28-33-21(12)29-35(31,32)15-9-7-14(8-10-15)23-18(30)11-34-22-25-20-19(26-27-22)16-5-3-4-6-17(16)24-20/h3-10H,11H2,1-2H3,(H3,23,24,25,26,27,28,29,30)/p-1. The molecule has 0 fully saturated rings. The first-order valence-corrected chi connectivity index (χ1v) is 12.8. The average molecular weight is 509 g/mol. The maximum atomic E-state index is 12.5. The molecule has 0 unspecified atom stereocenters. The summed E-state index contributed by atoms with van der Waals surface area (Å²) in [6, 6.07) is 13.4. The molecular weight excluding hydrogens is 490 g/mol. The van der Waals surface area contributed by atoms with Crippen LogP contribution in [0.2, 0.25) is 0 Å². The molecule has 0 atom stereocenters. The minimum absolute atomic E-state index is 0.0376. The molecule has 3 heterocycles. The van der Waals surface area contributed by atoms with E-state index >= 15 is 0 Å². The zero-order valence-corrected chi connectivity index (χ0v) is 20.1. The van der Waals surface area contributed by atoms with Crippen LogP contribution in [0.15, 0.2) is 63.1 Å². The van der Waals surface area contributed by atoms with Gasteiger partial charge in [-0.2, -0.15) is 0 Å². The Morgan fingerprint density at radius 2 is 1.89 bits per heavy atom. The van der Waals surface area contributed by atoms with E-state index in [-0.39, 0.29) is 22.4 Å². The molecule has 0 saturated heterocycles. The van der Waals surface area contributed by atoms with Gasteiger partial charge in [-0.15, -0.1) is 10.2 Å². The molecule has 35 heavy (non-hydrogen) atoms. The van der Waals surface area contributed by atoms with E-state index in [1.165, 1.54) is 24.3 Å². The number of benzene rings is 2. The Bertz CT molecular complexity index is 1660. The van der Waals surface area contributed by atoms with Crippen molar-refractivity contribution in [3.05, 3.63) is 64.5 Å². The number of fused-ring (bicyclic) bond motifs is 3. The molecule has 5 aromatic rings. The van der Waals surface area contributed by atoms with Gasteiger partial charge in [0.05, 0.1) is 22.2 Å². The summed E-state index contributed by atoms with van der Waals surface area (Å²) in [5.74, 6) is -0.310. The Morgan fingerprint density at radius 1 is 1.11 bits per heavy atom. The van der Waals surface area contributed by atoms with Crippen LogP contribution in [-0.4, -0.2) is 45.4 Å². The topological polar surface area (TPSA) is 158 Å². The SMILES string of the molecule is Cc1noc([N-]S(=O)(=O)c2ccc(NC(=O)CSc3nnc4c(n3)[nH]c3ccccc34)cc2)c1C. The summed E-state index contributed by atoms with van der Waals surface area (Å²) >= 11 is 1.14. The summed E-state index contributed by atoms with van der Waals surface area (Å²) < 4.78 is 33.7. The van der Waals surface area contributed by atoms with Crippen LogP contribution in [0.4, 0.5) is 11.6 Å². The fourth-order valence-corrected chi connectivity index (χ4v) is 4.82. The van der Waals surface area contributed by atoms with Crippen LogP contribution in [0.3, 0.4) is 0 Å². The highest BCUT2D eigenvalue weighted by Gasteiger charge is 2.12. The van der Waals surface area contributed by atoms with Crippen molar-refractivity contribution in [3.63, 3.8) is 0 Å². The third-order valence-corrected chi connectivity index (χ3v) is 7.32. The van der Waals surface area contributed by atoms with Crippen molar-refractivity contribution in [2.24, 2.45) is 0 Å². The molecule has 0 spiro atoms. The van der Waals surface area contributed by atoms with Gasteiger partial charge < -0.3 is 19.5 Å². The van der Waals surface area contributed by atoms with E-state index in [2.05, 4.69) is 35.4 Å². The van der Waals surface area contributed by atoms with Crippen LogP contribution in [0.5, 0.6) is 0 Å². The molecule has 13 heteroatoms. The van der Waals surface area contributed by atoms with Crippen molar-refractivity contribution in [2.75, 3.05) is 11.1 Å². The molecular formula is C22H18N7O4S2-. The summed E-state index contributed by atoms with van der Waals surface area (Å²) in [4.78, 5) is 20.0. The predicted molar refractivity (Wildman–Crippen MR) is 131 cm³/mol. The smallest absolute Gasteiger partial charge is 0.234 e. The third-order valence-electron chi connectivity index (χ3n) is 5.21. The molecule has 2 N–H and O–H groups in total. The number of aromatic amines is 1. The van der Waals surface area contributed by atoms with Crippen molar-refractivity contribution in [3.8, 4) is 0 Å². The fourth-order valence-electron chi connectivity index (χ4n) is 3.25. The van der Waals surface area contributed by atoms with Crippen LogP contribution in [-0.2, 0) is 14.8 Å². The van der Waals surface area contributed by atoms with E-state index in [0.29, 0.717) is 33.3 Å². The Labute approximate surface area is 203 Å². The number of carbonyl (C=O) groups is 1. The zero-order chi connectivity index (χ0) is 24.6. The van der Waals surface area contributed by atoms with E-state index in [1.807, 2.05) is 24.3 Å². The first kappa shape index (κ1) is 22.8. The number of rotatable bonds is 7. The summed E-state index contributed by atoms with van der Waals surface area (Å²) in [5, 5.41) is 16.0. The van der Waals surface area contributed by atoms with Crippen molar-refractivity contribution in [2.45, 2.75) is 23.9 Å². The summed E-state index contributed by atoms with van der Waals surface area (Å²) in [6.07, 6.45) is 0. The molecule has 0 radical (unpaired) electrons. The van der Waals surface area contributed by atoms with Gasteiger partial charge in [0.2, 0.25) is 11.1 Å². The van der Waals surface area contributed by atoms with Gasteiger partial charge in [0.15, 0.2) is 5.65 Å². The fraction of sp³-hybridized carbons (Fsp3) is 0.136. The average Bonchev–Trinajstić information content (AvgIpc) is 3.37. The van der Waals surface area contributed by atoms with Crippen molar-refractivity contribution in [1.82, 2.24) is 25.3 Å². The monoisotopic (exact) mass is 508 g/mol. The van der Waals surface area contributed by atoms with E-state index in [4.69, 9.17) is 4.52 Å². The Morgan fingerprint density at radius 3 is 2.63 bits per heavy atom. The summed E-state index contributed by atoms with van der Waals surface area (Å²) in [7, 11) is -3.99. The number of aryl methyl sites for hydroxylation is 1. The second-order valence-corrected chi connectivity index (χ2v) is 10.1. The van der Waals surface area contributed by atoms with Gasteiger partial charge in [-0.25, -0.2) is 13.4 Å². The van der Waals surface area contributed by atoms with Gasteiger partial charge in [0, 0.05) is 16.6 Å². The number of aromatic nitrogens is 5. The van der Waals surface area contributed by atoms with E-state index < -0.39 is 10.0 Å². The number of hydrogen-bond donors (Lipinski definition) is 2. The molecule has 5 rings (SSSR count). The summed E-state index contributed by atoms with van der Waals surface area (Å²) in [5.41, 5.74) is 3.74. The zero-order valence-electron chi connectivity index (χ0n) is 18.5. The van der Waals surface area contributed by atoms with Gasteiger partial charge in [0.1, 0.15) is 15.5 Å². The van der Waals surface area contributed by atoms with Gasteiger partial charge in [-0.05, 0) is 49.7 Å². The lowest BCUT2D eigenvalue weighted by atomic mass is 10.2. The number of H-pyrrole nitrogens is 1. The highest BCUT2D eigenvalue weighted by molar-refractivity contribution is 7.99. The number of sulfonamides is 1. The highest BCUT2D eigenvalue weighted by Crippen LogP contribution is 2.32. The molecule has 178 valence electrons. The maximum Gasteiger partial charge on any atom is 0.234 e. The molecule has 3 aromatic heterocycles. The minimum Gasteiger partial charge on any atom is -0.539 e. The van der Waals surface area contributed by atoms with Gasteiger partial charge in [-0.1, -0.05) is 35.1 Å². The van der Waals surface area contributed by atoms with Gasteiger partial charge in [-0.3, -0.25) is 4.79 Å². The molecule has 0 aliphatic carbocycles. The van der Waals surface area contributed by atoms with E-state index in [0.717, 1.165) is 22.7 Å². The van der Waals surface area contributed by atoms with Crippen LogP contribution in [0, 0.1) is 13.8 Å². The predicted octanol–water partition coefficient (Wildman–Crippen LogP) is 4.24. The quantitative estimate of drug-likeness (QED) is 0.307. The highest BCUT2D eigenvalue weighted by atomic mass is 32.2. The number of hydrogen-bond acceptors (Lipinski definition) is 9. The second-order valence-electron chi connectivity index (χ2n) is 7.59. The Balaban J connectivity index is 1.21. The third kappa shape index (κ3) is 4.68. The first-order valence-electron chi connectivity index (χ1n) is 10.3. The van der Waals surface area contributed by atoms with Gasteiger partial charge >= 0.3 is 0 Å². The normalized spacial score (nSPS) is 11.7. The molecule has 0 bridgehead atoms. The Kier molecular flexibility index (Phi) is 5.86. The lowest BCUT2D eigenvalue weighted by Gasteiger charge is -2.19. The first-order chi connectivity index (χ1) is 16.8. The molecule has 2 aromatic carbocycles. The Hall–Kier alpha value is -3.97. The van der Waals surface area contributed by atoms with Crippen LogP contribution in [0.25, 0.3) is 26.8 Å². The lowest BCUT2D eigenvalue weighted by Crippen LogP contribution is -2.14. The molecule has 1 amide bonds. The maximum absolute atomic E-state index is 12.5. The van der Waals surface area contributed by atoms with Crippen molar-refractivity contribution in [1.29, 1.82) is 0 Å². The van der Waals surface area contributed by atoms with Crippen molar-refractivity contribution >= 4 is 61.3 Å². The van der Waals surface area contributed by atoms with Gasteiger partial charge in [0.25, 0.3) is 0 Å². The van der Waals surface area contributed by atoms with Crippen LogP contribution < -0.4 is 5.32 Å². The largest absolute Gasteiger partial charge is 0.539 e. The molecule has 0 aliphatic heterocycles. The van der Waals surface area contributed by atoms with E-state index in [9.17, 15) is 13.2 Å². The van der Waals surface area contributed by atoms with Crippen LogP contribution >= 0.6 is 11.8 Å². The molecule has 0 aliphatic rings. The number of thioether (sulfide) groups is 1. The second kappa shape index (κ2) is 9.00. The number of carbonyl (C=O) groups excluding carboxylic acids is 1. The summed E-state index contributed by atoms with van der Waals surface area (Å²) in [6.45, 7) is 3.37. The number of amides is 1. The van der Waals surface area contributed by atoms with E-state index in [1.54, 1.807) is 13.8 Å². The van der Waals surface area contributed by atoms with Crippen LogP contribution in [0.1, 0.15) is 11.3 Å². The number of anilines is 1. The molecule has 11 nitrogen and oxygen atoms in total. The number of nitrogens with zero attached hydrogens (tertiary/aromatic N) is 5. The van der Waals surface area contributed by atoms with Crippen molar-refractivity contribution < 1.29 is 17.7 Å². The minimum atomic E-state index is -3.99. The number of para-hydroxylation sites is 1.